The summed E-state index contributed by atoms with van der Waals surface area (Å²) in [4.78, 5) is 11.6. The van der Waals surface area contributed by atoms with Crippen LogP contribution >= 0.6 is 0 Å². The number of aliphatic hydroxyl groups excluding tert-OH is 1. The molecule has 0 aromatic heterocycles. The molecule has 1 atom stereocenters. The Bertz CT molecular complexity index is 199. The third-order valence-corrected chi connectivity index (χ3v) is 3.16. The van der Waals surface area contributed by atoms with Crippen LogP contribution in [-0.4, -0.2) is 35.7 Å². The first-order valence-electron chi connectivity index (χ1n) is 6.16. The highest BCUT2D eigenvalue weighted by Crippen LogP contribution is 2.06. The number of rotatable bonds is 8. The van der Waals surface area contributed by atoms with Crippen LogP contribution in [-0.2, 0) is 4.79 Å². The topological polar surface area (TPSA) is 61.4 Å². The summed E-state index contributed by atoms with van der Waals surface area (Å²) in [5, 5.41) is 15.2. The fraction of sp³-hybridized carbons (Fsp3) is 0.917. The largest absolute Gasteiger partial charge is 0.394 e. The van der Waals surface area contributed by atoms with Gasteiger partial charge in [-0.25, -0.2) is 0 Å². The molecule has 0 radical (unpaired) electrons. The van der Waals surface area contributed by atoms with Gasteiger partial charge in [-0.3, -0.25) is 4.79 Å². The predicted octanol–water partition coefficient (Wildman–Crippen LogP) is 1.04. The number of hydrogen-bond acceptors (Lipinski definition) is 3. The van der Waals surface area contributed by atoms with Crippen molar-refractivity contribution in [2.75, 3.05) is 13.2 Å². The van der Waals surface area contributed by atoms with Crippen molar-refractivity contribution in [3.8, 4) is 0 Å². The van der Waals surface area contributed by atoms with Gasteiger partial charge in [0.15, 0.2) is 0 Å². The SMILES string of the molecule is CCC(CC)NC(=O)CNC(C)(CC)CO. The third-order valence-electron chi connectivity index (χ3n) is 3.16. The fourth-order valence-electron chi connectivity index (χ4n) is 1.36. The highest BCUT2D eigenvalue weighted by molar-refractivity contribution is 5.78. The van der Waals surface area contributed by atoms with E-state index in [0.717, 1.165) is 19.3 Å². The molecule has 0 spiro atoms. The van der Waals surface area contributed by atoms with E-state index < -0.39 is 0 Å². The number of nitrogens with one attached hydrogen (secondary N) is 2. The molecule has 0 aliphatic heterocycles. The smallest absolute Gasteiger partial charge is 0.234 e. The third kappa shape index (κ3) is 5.47. The molecule has 16 heavy (non-hydrogen) atoms. The van der Waals surface area contributed by atoms with Gasteiger partial charge in [-0.2, -0.15) is 0 Å². The standard InChI is InChI=1S/C12H26N2O2/c1-5-10(6-2)14-11(16)8-13-12(4,7-3)9-15/h10,13,15H,5-9H2,1-4H3,(H,14,16). The van der Waals surface area contributed by atoms with Crippen molar-refractivity contribution in [1.29, 1.82) is 0 Å². The minimum atomic E-state index is -0.356. The van der Waals surface area contributed by atoms with Crippen molar-refractivity contribution in [2.24, 2.45) is 0 Å². The molecular formula is C12H26N2O2. The van der Waals surface area contributed by atoms with Gasteiger partial charge in [-0.05, 0) is 26.2 Å². The van der Waals surface area contributed by atoms with E-state index in [1.807, 2.05) is 13.8 Å². The normalized spacial score (nSPS) is 14.9. The van der Waals surface area contributed by atoms with E-state index in [-0.39, 0.29) is 30.6 Å². The van der Waals surface area contributed by atoms with Crippen LogP contribution in [0.2, 0.25) is 0 Å². The molecule has 0 bridgehead atoms. The summed E-state index contributed by atoms with van der Waals surface area (Å²) in [6, 6.07) is 0.260. The molecule has 0 aliphatic rings. The summed E-state index contributed by atoms with van der Waals surface area (Å²) in [5.41, 5.74) is -0.356. The second-order valence-electron chi connectivity index (χ2n) is 4.51. The molecule has 0 saturated carbocycles. The van der Waals surface area contributed by atoms with Crippen LogP contribution < -0.4 is 10.6 Å². The second kappa shape index (κ2) is 7.63. The lowest BCUT2D eigenvalue weighted by atomic mass is 10.0. The summed E-state index contributed by atoms with van der Waals surface area (Å²) >= 11 is 0. The number of amides is 1. The first-order chi connectivity index (χ1) is 7.51. The zero-order valence-electron chi connectivity index (χ0n) is 11.0. The lowest BCUT2D eigenvalue weighted by Gasteiger charge is -2.27. The van der Waals surface area contributed by atoms with Gasteiger partial charge < -0.3 is 15.7 Å². The Balaban J connectivity index is 3.97. The second-order valence-corrected chi connectivity index (χ2v) is 4.51. The van der Waals surface area contributed by atoms with Crippen molar-refractivity contribution in [3.63, 3.8) is 0 Å². The summed E-state index contributed by atoms with van der Waals surface area (Å²) in [6.07, 6.45) is 2.70. The highest BCUT2D eigenvalue weighted by Gasteiger charge is 2.21. The lowest BCUT2D eigenvalue weighted by Crippen LogP contribution is -2.50. The van der Waals surface area contributed by atoms with Crippen LogP contribution in [0.3, 0.4) is 0 Å². The number of carbonyl (C=O) groups is 1. The maximum Gasteiger partial charge on any atom is 0.234 e. The molecular weight excluding hydrogens is 204 g/mol. The average molecular weight is 230 g/mol. The van der Waals surface area contributed by atoms with E-state index in [2.05, 4.69) is 24.5 Å². The van der Waals surface area contributed by atoms with Gasteiger partial charge in [0.1, 0.15) is 0 Å². The summed E-state index contributed by atoms with van der Waals surface area (Å²) in [6.45, 7) is 8.33. The van der Waals surface area contributed by atoms with E-state index in [1.54, 1.807) is 0 Å². The summed E-state index contributed by atoms with van der Waals surface area (Å²) in [7, 11) is 0. The predicted molar refractivity (Wildman–Crippen MR) is 66.3 cm³/mol. The van der Waals surface area contributed by atoms with Gasteiger partial charge in [0.2, 0.25) is 5.91 Å². The first kappa shape index (κ1) is 15.4. The van der Waals surface area contributed by atoms with E-state index in [4.69, 9.17) is 0 Å². The van der Waals surface area contributed by atoms with Crippen LogP contribution in [0.25, 0.3) is 0 Å². The number of aliphatic hydroxyl groups is 1. The van der Waals surface area contributed by atoms with Crippen molar-refractivity contribution in [3.05, 3.63) is 0 Å². The van der Waals surface area contributed by atoms with Crippen molar-refractivity contribution >= 4 is 5.91 Å². The maximum atomic E-state index is 11.6. The quantitative estimate of drug-likeness (QED) is 0.584. The van der Waals surface area contributed by atoms with Crippen LogP contribution in [0.1, 0.15) is 47.0 Å². The molecule has 0 saturated heterocycles. The Morgan fingerprint density at radius 1 is 1.31 bits per heavy atom. The van der Waals surface area contributed by atoms with Crippen LogP contribution in [0.4, 0.5) is 0 Å². The van der Waals surface area contributed by atoms with Crippen molar-refractivity contribution in [2.45, 2.75) is 58.5 Å². The monoisotopic (exact) mass is 230 g/mol. The average Bonchev–Trinajstić information content (AvgIpc) is 2.33. The van der Waals surface area contributed by atoms with Gasteiger partial charge in [-0.1, -0.05) is 20.8 Å². The summed E-state index contributed by atoms with van der Waals surface area (Å²) < 4.78 is 0. The molecule has 0 aliphatic carbocycles. The van der Waals surface area contributed by atoms with E-state index in [0.29, 0.717) is 0 Å². The fourth-order valence-corrected chi connectivity index (χ4v) is 1.36. The van der Waals surface area contributed by atoms with E-state index >= 15 is 0 Å². The molecule has 4 nitrogen and oxygen atoms in total. The molecule has 0 aromatic rings. The summed E-state index contributed by atoms with van der Waals surface area (Å²) in [5.74, 6) is 0.00169. The number of carbonyl (C=O) groups excluding carboxylic acids is 1. The maximum absolute atomic E-state index is 11.6. The molecule has 96 valence electrons. The van der Waals surface area contributed by atoms with Crippen LogP contribution in [0.5, 0.6) is 0 Å². The first-order valence-corrected chi connectivity index (χ1v) is 6.16. The number of hydrogen-bond donors (Lipinski definition) is 3. The molecule has 0 fully saturated rings. The molecule has 1 unspecified atom stereocenters. The Hall–Kier alpha value is -0.610. The molecule has 3 N–H and O–H groups in total. The highest BCUT2D eigenvalue weighted by atomic mass is 16.3. The molecule has 0 aromatic carbocycles. The van der Waals surface area contributed by atoms with Gasteiger partial charge in [0, 0.05) is 11.6 Å². The Morgan fingerprint density at radius 2 is 1.88 bits per heavy atom. The molecule has 1 amide bonds. The lowest BCUT2D eigenvalue weighted by molar-refractivity contribution is -0.121. The van der Waals surface area contributed by atoms with E-state index in [1.165, 1.54) is 0 Å². The Morgan fingerprint density at radius 3 is 2.25 bits per heavy atom. The van der Waals surface area contributed by atoms with Crippen LogP contribution in [0, 0.1) is 0 Å². The van der Waals surface area contributed by atoms with Crippen molar-refractivity contribution in [1.82, 2.24) is 10.6 Å². The molecule has 4 heteroatoms. The van der Waals surface area contributed by atoms with E-state index in [9.17, 15) is 9.90 Å². The zero-order chi connectivity index (χ0) is 12.6. The molecule has 0 rings (SSSR count). The van der Waals surface area contributed by atoms with Gasteiger partial charge in [-0.15, -0.1) is 0 Å². The van der Waals surface area contributed by atoms with Gasteiger partial charge >= 0.3 is 0 Å². The Labute approximate surface area is 98.8 Å². The zero-order valence-corrected chi connectivity index (χ0v) is 11.0. The van der Waals surface area contributed by atoms with Gasteiger partial charge in [0.05, 0.1) is 13.2 Å². The van der Waals surface area contributed by atoms with Crippen LogP contribution in [0.15, 0.2) is 0 Å². The Kier molecular flexibility index (Phi) is 7.34. The minimum absolute atomic E-state index is 0.00169. The minimum Gasteiger partial charge on any atom is -0.394 e. The van der Waals surface area contributed by atoms with Crippen molar-refractivity contribution < 1.29 is 9.90 Å². The van der Waals surface area contributed by atoms with Gasteiger partial charge in [0.25, 0.3) is 0 Å². The molecule has 0 heterocycles.